The van der Waals surface area contributed by atoms with E-state index in [4.69, 9.17) is 19.4 Å². The number of rotatable bonds is 5. The number of benzene rings is 2. The summed E-state index contributed by atoms with van der Waals surface area (Å²) in [7, 11) is 10.1. The molecule has 0 aromatic heterocycles. The average Bonchev–Trinajstić information content (AvgIpc) is 3.47. The Hall–Kier alpha value is -0.457. The first-order valence-electron chi connectivity index (χ1n) is 18.2. The predicted molar refractivity (Wildman–Crippen MR) is 208 cm³/mol. The van der Waals surface area contributed by atoms with Crippen LogP contribution in [0.25, 0.3) is 0 Å². The van der Waals surface area contributed by atoms with Crippen LogP contribution in [0.1, 0.15) is 130 Å². The van der Waals surface area contributed by atoms with Gasteiger partial charge in [-0.3, -0.25) is 0 Å². The quantitative estimate of drug-likeness (QED) is 0.170. The van der Waals surface area contributed by atoms with Crippen molar-refractivity contribution in [2.24, 2.45) is 0 Å². The Bertz CT molecular complexity index is 1110. The molecule has 0 bridgehead atoms. The van der Waals surface area contributed by atoms with Crippen molar-refractivity contribution in [3.63, 3.8) is 0 Å². The molecule has 4 fully saturated rings. The minimum absolute atomic E-state index is 0.0465. The topological polar surface area (TPSA) is 6.48 Å². The molecule has 1 heterocycles. The number of hydrogen-bond acceptors (Lipinski definition) is 2. The van der Waals surface area contributed by atoms with Crippen molar-refractivity contribution in [3.8, 4) is 0 Å². The van der Waals surface area contributed by atoms with Crippen LogP contribution in [-0.2, 0) is 13.5 Å². The van der Waals surface area contributed by atoms with Crippen molar-refractivity contribution in [1.82, 2.24) is 0 Å². The van der Waals surface area contributed by atoms with Gasteiger partial charge in [0.05, 0.1) is 17.0 Å². The molecular weight excluding hydrogens is 711 g/mol. The molecule has 2 aromatic carbocycles. The minimum atomic E-state index is -1.48. The fourth-order valence-corrected chi connectivity index (χ4v) is 14.6. The third-order valence-electron chi connectivity index (χ3n) is 10.9. The van der Waals surface area contributed by atoms with Crippen molar-refractivity contribution < 1.29 is 13.5 Å². The Morgan fingerprint density at radius 3 is 1.09 bits per heavy atom. The molecule has 0 N–H and O–H groups in total. The molecule has 0 radical (unpaired) electrons. The first-order valence-corrected chi connectivity index (χ1v) is 25.7. The van der Waals surface area contributed by atoms with Crippen LogP contribution in [0.15, 0.2) is 24.3 Å². The molecule has 1 aliphatic heterocycles. The zero-order valence-electron chi connectivity index (χ0n) is 29.9. The van der Waals surface area contributed by atoms with Crippen LogP contribution >= 0.6 is 27.3 Å². The molecule has 3 saturated carbocycles. The van der Waals surface area contributed by atoms with Gasteiger partial charge >= 0.3 is 38.0 Å². The summed E-state index contributed by atoms with van der Waals surface area (Å²) in [5, 5.41) is 3.31. The monoisotopic (exact) mass is 774 g/mol. The molecule has 0 unspecified atom stereocenters. The first-order chi connectivity index (χ1) is 22.0. The van der Waals surface area contributed by atoms with E-state index in [1.54, 1.807) is 96.3 Å². The molecule has 6 rings (SSSR count). The van der Waals surface area contributed by atoms with Crippen molar-refractivity contribution in [2.45, 2.75) is 155 Å². The van der Waals surface area contributed by atoms with Crippen molar-refractivity contribution >= 4 is 43.8 Å². The summed E-state index contributed by atoms with van der Waals surface area (Å²) in [5.41, 5.74) is 14.5. The second-order valence-electron chi connectivity index (χ2n) is 14.7. The normalized spacial score (nSPS) is 20.2. The predicted octanol–water partition coefficient (Wildman–Crippen LogP) is 12.5. The molecule has 4 aliphatic rings. The summed E-state index contributed by atoms with van der Waals surface area (Å²) >= 11 is -1.48. The second-order valence-corrected chi connectivity index (χ2v) is 24.0. The van der Waals surface area contributed by atoms with E-state index in [2.05, 4.69) is 87.4 Å². The molecule has 6 heteroatoms. The van der Waals surface area contributed by atoms with Crippen molar-refractivity contribution in [3.05, 3.63) is 64.3 Å². The summed E-state index contributed by atoms with van der Waals surface area (Å²) in [6.45, 7) is 17.6. The average molecular weight is 775 g/mol. The van der Waals surface area contributed by atoms with Gasteiger partial charge in [0, 0.05) is 32.4 Å². The summed E-state index contributed by atoms with van der Waals surface area (Å²) in [6, 6.07) is 9.12. The van der Waals surface area contributed by atoms with Crippen LogP contribution in [-0.4, -0.2) is 35.2 Å². The fourth-order valence-electron chi connectivity index (χ4n) is 9.40. The van der Waals surface area contributed by atoms with Crippen LogP contribution in [0.5, 0.6) is 0 Å². The van der Waals surface area contributed by atoms with Gasteiger partial charge in [0.15, 0.2) is 0 Å². The van der Waals surface area contributed by atoms with E-state index in [-0.39, 0.29) is 7.92 Å². The van der Waals surface area contributed by atoms with E-state index in [0.717, 1.165) is 13.1 Å². The molecular formula is C40H63Cl2N2PRu. The van der Waals surface area contributed by atoms with Crippen molar-refractivity contribution in [2.75, 3.05) is 22.9 Å². The van der Waals surface area contributed by atoms with E-state index < -0.39 is 13.5 Å². The van der Waals surface area contributed by atoms with Gasteiger partial charge in [-0.1, -0.05) is 54.7 Å². The zero-order chi connectivity index (χ0) is 33.2. The Morgan fingerprint density at radius 1 is 0.565 bits per heavy atom. The molecule has 2 aromatic rings. The fraction of sp³-hybridized carbons (Fsp3) is 0.650. The van der Waals surface area contributed by atoms with E-state index in [1.165, 1.54) is 61.7 Å². The summed E-state index contributed by atoms with van der Waals surface area (Å²) in [5.74, 6) is 0. The second kappa shape index (κ2) is 19.1. The van der Waals surface area contributed by atoms with Gasteiger partial charge in [0.2, 0.25) is 0 Å². The Balaban J connectivity index is 0.000000190. The number of halogens is 2. The summed E-state index contributed by atoms with van der Waals surface area (Å²) in [6.07, 6.45) is 23.8. The maximum atomic E-state index is 5.07. The molecule has 0 atom stereocenters. The van der Waals surface area contributed by atoms with Crippen LogP contribution in [0.3, 0.4) is 0 Å². The third-order valence-corrected chi connectivity index (χ3v) is 15.5. The maximum absolute atomic E-state index is 5.07. The van der Waals surface area contributed by atoms with Gasteiger partial charge in [0.1, 0.15) is 0 Å². The van der Waals surface area contributed by atoms with E-state index in [0.29, 0.717) is 0 Å². The Kier molecular flexibility index (Phi) is 15.9. The van der Waals surface area contributed by atoms with Gasteiger partial charge in [-0.15, -0.1) is 0 Å². The van der Waals surface area contributed by atoms with Gasteiger partial charge in [-0.25, -0.2) is 0 Å². The standard InChI is InChI=1S/C21H27N2.C18H33P.CH2.2ClH.Ru/c1-14-9-16(3)20(17(4)10-14)22-7-8-23(13-22)21-18(5)11-15(2)12-19(21)6;1-4-10-16(11-5-1)19(17-12-6-2-7-13-17)18-14-8-3-9-15-18;;;;/h9-13H,7-8H2,1-6H3;16-18H,1-15H2;1H2;2*1H;/q-1;;;;;+2/p-1. The van der Waals surface area contributed by atoms with Gasteiger partial charge in [0.25, 0.3) is 0 Å². The zero-order valence-corrected chi connectivity index (χ0v) is 34.1. The van der Waals surface area contributed by atoms with E-state index in [1.807, 2.05) is 0 Å². The van der Waals surface area contributed by atoms with Crippen LogP contribution in [0.4, 0.5) is 11.4 Å². The molecule has 1 saturated heterocycles. The van der Waals surface area contributed by atoms with Crippen LogP contribution in [0, 0.1) is 48.2 Å². The number of hydrogen-bond donors (Lipinski definition) is 0. The molecule has 2 nitrogen and oxygen atoms in total. The number of nitrogens with zero attached hydrogens (tertiary/aromatic N) is 2. The number of anilines is 2. The third kappa shape index (κ3) is 11.0. The molecule has 0 spiro atoms. The SMILES string of the molecule is C1CCC([PH+](C2CCCCC2)C2CCCCC2)CC1.Cc1cc(C)c(N2[CH-]N(c3c(C)cc(C)cc3C)CC2)c(C)c1.[CH2]=[Ru]([Cl])[Cl]. The van der Waals surface area contributed by atoms with Gasteiger partial charge in [-0.2, -0.15) is 6.67 Å². The van der Waals surface area contributed by atoms with Crippen LogP contribution < -0.4 is 9.80 Å². The van der Waals surface area contributed by atoms with E-state index >= 15 is 0 Å². The summed E-state index contributed by atoms with van der Waals surface area (Å²) < 4.78 is 0. The van der Waals surface area contributed by atoms with E-state index in [9.17, 15) is 0 Å². The summed E-state index contributed by atoms with van der Waals surface area (Å²) in [4.78, 5) is 4.81. The Labute approximate surface area is 297 Å². The van der Waals surface area contributed by atoms with Gasteiger partial charge in [-0.05, 0) is 141 Å². The molecule has 0 amide bonds. The Morgan fingerprint density at radius 2 is 0.826 bits per heavy atom. The van der Waals surface area contributed by atoms with Gasteiger partial charge < -0.3 is 9.80 Å². The van der Waals surface area contributed by atoms with Crippen molar-refractivity contribution in [1.29, 1.82) is 0 Å². The molecule has 46 heavy (non-hydrogen) atoms. The number of aryl methyl sites for hydroxylation is 6. The first kappa shape index (κ1) is 38.3. The molecule has 260 valence electrons. The van der Waals surface area contributed by atoms with Crippen LogP contribution in [0.2, 0.25) is 0 Å². The molecule has 3 aliphatic carbocycles.